The molecular weight excluding hydrogens is 218 g/mol. The second-order valence-electron chi connectivity index (χ2n) is 4.49. The van der Waals surface area contributed by atoms with Gasteiger partial charge in [0.25, 0.3) is 0 Å². The molecule has 1 aromatic heterocycles. The first kappa shape index (κ1) is 10.4. The Morgan fingerprint density at radius 2 is 2.47 bits per heavy atom. The molecule has 0 amide bonds. The lowest BCUT2D eigenvalue weighted by Gasteiger charge is -2.40. The molecule has 1 saturated heterocycles. The van der Waals surface area contributed by atoms with Gasteiger partial charge in [-0.3, -0.25) is 0 Å². The predicted molar refractivity (Wildman–Crippen MR) is 64.4 cm³/mol. The molecule has 2 aliphatic heterocycles. The van der Waals surface area contributed by atoms with Crippen molar-refractivity contribution < 1.29 is 9.53 Å². The lowest BCUT2D eigenvalue weighted by Crippen LogP contribution is -2.46. The van der Waals surface area contributed by atoms with Crippen molar-refractivity contribution in [3.63, 3.8) is 0 Å². The number of nitrogens with zero attached hydrogens (tertiary/aromatic N) is 2. The summed E-state index contributed by atoms with van der Waals surface area (Å²) in [4.78, 5) is 18.1. The maximum Gasteiger partial charge on any atom is 0.356 e. The molecule has 0 aromatic carbocycles. The summed E-state index contributed by atoms with van der Waals surface area (Å²) in [6.07, 6.45) is 2.37. The number of aromatic nitrogens is 1. The topological polar surface area (TPSA) is 54.5 Å². The van der Waals surface area contributed by atoms with Gasteiger partial charge >= 0.3 is 5.97 Å². The molecule has 3 heterocycles. The Labute approximate surface area is 99.8 Å². The van der Waals surface area contributed by atoms with Crippen LogP contribution in [0.5, 0.6) is 0 Å². The zero-order valence-corrected chi connectivity index (χ0v) is 9.77. The fourth-order valence-corrected chi connectivity index (χ4v) is 2.54. The fraction of sp³-hybridized carbons (Fsp3) is 0.500. The van der Waals surface area contributed by atoms with E-state index in [1.54, 1.807) is 6.07 Å². The van der Waals surface area contributed by atoms with Crippen LogP contribution in [0, 0.1) is 0 Å². The Morgan fingerprint density at radius 3 is 3.29 bits per heavy atom. The maximum absolute atomic E-state index is 11.4. The van der Waals surface area contributed by atoms with Crippen LogP contribution in [0.1, 0.15) is 23.3 Å². The summed E-state index contributed by atoms with van der Waals surface area (Å²) in [5.74, 6) is 0.421. The van der Waals surface area contributed by atoms with E-state index in [4.69, 9.17) is 0 Å². The van der Waals surface area contributed by atoms with Crippen molar-refractivity contribution in [3.05, 3.63) is 17.8 Å². The molecule has 5 nitrogen and oxygen atoms in total. The summed E-state index contributed by atoms with van der Waals surface area (Å²) in [7, 11) is 1.37. The number of ether oxygens (including phenoxy) is 1. The molecule has 1 atom stereocenters. The largest absolute Gasteiger partial charge is 0.464 e. The average molecular weight is 233 g/mol. The molecule has 0 aliphatic carbocycles. The average Bonchev–Trinajstić information content (AvgIpc) is 2.37. The summed E-state index contributed by atoms with van der Waals surface area (Å²) in [6.45, 7) is 2.11. The van der Waals surface area contributed by atoms with Gasteiger partial charge in [0.2, 0.25) is 0 Å². The van der Waals surface area contributed by atoms with Gasteiger partial charge < -0.3 is 15.0 Å². The molecule has 17 heavy (non-hydrogen) atoms. The molecule has 3 rings (SSSR count). The Bertz CT molecular complexity index is 461. The van der Waals surface area contributed by atoms with Gasteiger partial charge in [0, 0.05) is 19.1 Å². The molecule has 90 valence electrons. The minimum absolute atomic E-state index is 0.361. The number of pyridine rings is 1. The van der Waals surface area contributed by atoms with Crippen molar-refractivity contribution in [2.45, 2.75) is 18.9 Å². The van der Waals surface area contributed by atoms with Crippen LogP contribution >= 0.6 is 0 Å². The Kier molecular flexibility index (Phi) is 2.39. The van der Waals surface area contributed by atoms with Gasteiger partial charge in [-0.05, 0) is 25.0 Å². The quantitative estimate of drug-likeness (QED) is 0.740. The number of carbonyl (C=O) groups excluding carboxylic acids is 1. The van der Waals surface area contributed by atoms with Crippen molar-refractivity contribution in [1.29, 1.82) is 0 Å². The number of carbonyl (C=O) groups is 1. The van der Waals surface area contributed by atoms with Crippen molar-refractivity contribution >= 4 is 17.5 Å². The minimum atomic E-state index is -0.389. The number of fused-ring (bicyclic) bond motifs is 4. The lowest BCUT2D eigenvalue weighted by molar-refractivity contribution is 0.0594. The zero-order valence-electron chi connectivity index (χ0n) is 9.77. The first-order valence-electron chi connectivity index (χ1n) is 5.89. The van der Waals surface area contributed by atoms with E-state index in [-0.39, 0.29) is 5.97 Å². The van der Waals surface area contributed by atoms with E-state index in [0.717, 1.165) is 24.6 Å². The van der Waals surface area contributed by atoms with Crippen LogP contribution < -0.4 is 10.2 Å². The van der Waals surface area contributed by atoms with Gasteiger partial charge in [0.05, 0.1) is 12.8 Å². The van der Waals surface area contributed by atoms with Crippen LogP contribution in [-0.4, -0.2) is 37.2 Å². The molecule has 2 aliphatic rings. The Morgan fingerprint density at radius 1 is 1.59 bits per heavy atom. The number of nitrogens with one attached hydrogen (secondary N) is 1. The molecule has 5 heteroatoms. The van der Waals surface area contributed by atoms with E-state index in [0.29, 0.717) is 11.7 Å². The number of methoxy groups -OCH3 is 1. The van der Waals surface area contributed by atoms with Crippen LogP contribution in [0.3, 0.4) is 0 Å². The second-order valence-corrected chi connectivity index (χ2v) is 4.49. The molecule has 0 spiro atoms. The highest BCUT2D eigenvalue weighted by Gasteiger charge is 2.28. The third-order valence-electron chi connectivity index (χ3n) is 3.37. The number of hydrogen-bond donors (Lipinski definition) is 1. The minimum Gasteiger partial charge on any atom is -0.464 e. The van der Waals surface area contributed by atoms with Gasteiger partial charge in [-0.1, -0.05) is 0 Å². The molecule has 0 saturated carbocycles. The zero-order chi connectivity index (χ0) is 11.8. The van der Waals surface area contributed by atoms with E-state index in [2.05, 4.69) is 19.9 Å². The molecule has 1 N–H and O–H groups in total. The molecule has 1 fully saturated rings. The molecule has 1 aromatic rings. The monoisotopic (exact) mass is 233 g/mol. The molecular formula is C12H15N3O2. The maximum atomic E-state index is 11.4. The highest BCUT2D eigenvalue weighted by molar-refractivity contribution is 5.89. The first-order valence-corrected chi connectivity index (χ1v) is 5.89. The highest BCUT2D eigenvalue weighted by atomic mass is 16.5. The molecule has 2 bridgehead atoms. The number of piperidine rings is 1. The van der Waals surface area contributed by atoms with Crippen LogP contribution in [0.4, 0.5) is 11.5 Å². The summed E-state index contributed by atoms with van der Waals surface area (Å²) in [5, 5.41) is 3.39. The summed E-state index contributed by atoms with van der Waals surface area (Å²) >= 11 is 0. The smallest absolute Gasteiger partial charge is 0.356 e. The van der Waals surface area contributed by atoms with Crippen molar-refractivity contribution in [2.75, 3.05) is 30.4 Å². The van der Waals surface area contributed by atoms with Crippen molar-refractivity contribution in [1.82, 2.24) is 4.98 Å². The van der Waals surface area contributed by atoms with E-state index < -0.39 is 0 Å². The van der Waals surface area contributed by atoms with Crippen molar-refractivity contribution in [2.24, 2.45) is 0 Å². The number of anilines is 2. The van der Waals surface area contributed by atoms with Gasteiger partial charge in [0.1, 0.15) is 0 Å². The number of hydrogen-bond acceptors (Lipinski definition) is 5. The Balaban J connectivity index is 1.98. The number of esters is 1. The second kappa shape index (κ2) is 3.91. The highest BCUT2D eigenvalue weighted by Crippen LogP contribution is 2.33. The van der Waals surface area contributed by atoms with Crippen LogP contribution in [0.15, 0.2) is 12.1 Å². The van der Waals surface area contributed by atoms with Crippen LogP contribution in [0.2, 0.25) is 0 Å². The lowest BCUT2D eigenvalue weighted by atomic mass is 10.0. The van der Waals surface area contributed by atoms with Crippen LogP contribution in [0.25, 0.3) is 0 Å². The summed E-state index contributed by atoms with van der Waals surface area (Å²) in [6, 6.07) is 4.13. The standard InChI is InChI=1S/C12H15N3O2/c1-17-12(16)9-4-5-10-11(14-9)13-8-3-2-6-15(10)7-8/h4-5,8H,2-3,6-7H2,1H3,(H,13,14)/t8-/m0/s1. The third-order valence-corrected chi connectivity index (χ3v) is 3.37. The summed E-state index contributed by atoms with van der Waals surface area (Å²) < 4.78 is 4.68. The first-order chi connectivity index (χ1) is 8.28. The van der Waals surface area contributed by atoms with Gasteiger partial charge in [0.15, 0.2) is 11.5 Å². The van der Waals surface area contributed by atoms with Crippen molar-refractivity contribution in [3.8, 4) is 0 Å². The fourth-order valence-electron chi connectivity index (χ4n) is 2.54. The molecule has 0 unspecified atom stereocenters. The normalized spacial score (nSPS) is 21.5. The van der Waals surface area contributed by atoms with E-state index in [1.807, 2.05) is 6.07 Å². The number of rotatable bonds is 1. The van der Waals surface area contributed by atoms with Crippen LogP contribution in [-0.2, 0) is 4.74 Å². The summed E-state index contributed by atoms with van der Waals surface area (Å²) in [5.41, 5.74) is 1.45. The van der Waals surface area contributed by atoms with Gasteiger partial charge in [-0.2, -0.15) is 0 Å². The predicted octanol–water partition coefficient (Wildman–Crippen LogP) is 1.26. The van der Waals surface area contributed by atoms with E-state index in [9.17, 15) is 4.79 Å². The Hall–Kier alpha value is -1.78. The van der Waals surface area contributed by atoms with E-state index in [1.165, 1.54) is 20.0 Å². The SMILES string of the molecule is COC(=O)c1ccc2c(n1)N[C@H]1CCCN2C1. The van der Waals surface area contributed by atoms with E-state index >= 15 is 0 Å². The molecule has 0 radical (unpaired) electrons. The van der Waals surface area contributed by atoms with Gasteiger partial charge in [-0.15, -0.1) is 0 Å². The van der Waals surface area contributed by atoms with Gasteiger partial charge in [-0.25, -0.2) is 9.78 Å². The third kappa shape index (κ3) is 1.71.